The van der Waals surface area contributed by atoms with E-state index in [0.29, 0.717) is 35.2 Å². The van der Waals surface area contributed by atoms with Gasteiger partial charge in [0.15, 0.2) is 0 Å². The van der Waals surface area contributed by atoms with E-state index >= 15 is 0 Å². The number of carbonyl (C=O) groups is 1. The van der Waals surface area contributed by atoms with Crippen molar-refractivity contribution < 1.29 is 9.90 Å². The maximum absolute atomic E-state index is 12.3. The molecule has 1 aromatic carbocycles. The van der Waals surface area contributed by atoms with Gasteiger partial charge in [-0.15, -0.1) is 5.10 Å². The Kier molecular flexibility index (Phi) is 5.85. The van der Waals surface area contributed by atoms with Crippen LogP contribution in [0.4, 0.5) is 0 Å². The van der Waals surface area contributed by atoms with E-state index in [4.69, 9.17) is 5.11 Å². The van der Waals surface area contributed by atoms with Gasteiger partial charge in [-0.05, 0) is 38.0 Å². The second-order valence-corrected chi connectivity index (χ2v) is 6.87. The van der Waals surface area contributed by atoms with Gasteiger partial charge in [-0.1, -0.05) is 30.0 Å². The van der Waals surface area contributed by atoms with E-state index in [0.717, 1.165) is 17.0 Å². The summed E-state index contributed by atoms with van der Waals surface area (Å²) in [6.07, 6.45) is 0.541. The summed E-state index contributed by atoms with van der Waals surface area (Å²) in [5.74, 6) is 1.03. The highest BCUT2D eigenvalue weighted by atomic mass is 32.2. The topological polar surface area (TPSA) is 92.4 Å². The number of thioether (sulfide) groups is 1. The quantitative estimate of drug-likeness (QED) is 0.488. The molecule has 3 aromatic rings. The average molecular weight is 371 g/mol. The predicted molar refractivity (Wildman–Crippen MR) is 100 cm³/mol. The molecular weight excluding hydrogens is 350 g/mol. The number of rotatable bonds is 7. The first-order valence-corrected chi connectivity index (χ1v) is 9.38. The standard InChI is InChI=1S/C18H21N5O2S/c1-12-10-13(2)23-17(20-12)21-18(22-23)26-11-14-6-3-4-7-15(14)16(25)19-8-5-9-24/h3-4,6-7,10,24H,5,8-9,11H2,1-2H3,(H,19,25). The highest BCUT2D eigenvalue weighted by Gasteiger charge is 2.13. The van der Waals surface area contributed by atoms with Crippen molar-refractivity contribution in [3.05, 3.63) is 52.8 Å². The number of amides is 1. The largest absolute Gasteiger partial charge is 0.396 e. The molecule has 0 aliphatic rings. The lowest BCUT2D eigenvalue weighted by molar-refractivity contribution is 0.0950. The van der Waals surface area contributed by atoms with Crippen LogP contribution in [0.2, 0.25) is 0 Å². The van der Waals surface area contributed by atoms with Crippen LogP contribution in [0.15, 0.2) is 35.5 Å². The number of fused-ring (bicyclic) bond motifs is 1. The first-order valence-electron chi connectivity index (χ1n) is 8.39. The molecule has 0 aliphatic heterocycles. The van der Waals surface area contributed by atoms with E-state index in [-0.39, 0.29) is 12.5 Å². The van der Waals surface area contributed by atoms with E-state index in [1.807, 2.05) is 38.1 Å². The molecule has 2 aromatic heterocycles. The molecular formula is C18H21N5O2S. The molecule has 0 spiro atoms. The smallest absolute Gasteiger partial charge is 0.253 e. The Morgan fingerprint density at radius 2 is 2.08 bits per heavy atom. The Balaban J connectivity index is 1.74. The SMILES string of the molecule is Cc1cc(C)n2nc(SCc3ccccc3C(=O)NCCCO)nc2n1. The summed E-state index contributed by atoms with van der Waals surface area (Å²) in [5.41, 5.74) is 3.44. The lowest BCUT2D eigenvalue weighted by atomic mass is 10.1. The molecule has 3 rings (SSSR count). The number of aliphatic hydroxyl groups is 1. The fourth-order valence-corrected chi connectivity index (χ4v) is 3.42. The Bertz CT molecular complexity index is 925. The van der Waals surface area contributed by atoms with Crippen LogP contribution >= 0.6 is 11.8 Å². The van der Waals surface area contributed by atoms with Gasteiger partial charge in [0, 0.05) is 35.9 Å². The maximum Gasteiger partial charge on any atom is 0.253 e. The van der Waals surface area contributed by atoms with Gasteiger partial charge in [0.1, 0.15) is 0 Å². The van der Waals surface area contributed by atoms with Crippen molar-refractivity contribution in [2.75, 3.05) is 13.2 Å². The van der Waals surface area contributed by atoms with Crippen LogP contribution < -0.4 is 5.32 Å². The number of aryl methyl sites for hydroxylation is 2. The minimum Gasteiger partial charge on any atom is -0.396 e. The molecule has 0 atom stereocenters. The average Bonchev–Trinajstić information content (AvgIpc) is 3.03. The highest BCUT2D eigenvalue weighted by Crippen LogP contribution is 2.22. The molecule has 0 bridgehead atoms. The van der Waals surface area contributed by atoms with E-state index in [2.05, 4.69) is 20.4 Å². The van der Waals surface area contributed by atoms with Crippen molar-refractivity contribution in [3.8, 4) is 0 Å². The lowest BCUT2D eigenvalue weighted by Crippen LogP contribution is -2.25. The van der Waals surface area contributed by atoms with Crippen LogP contribution in [-0.4, -0.2) is 43.7 Å². The van der Waals surface area contributed by atoms with Crippen molar-refractivity contribution in [2.45, 2.75) is 31.2 Å². The van der Waals surface area contributed by atoms with Gasteiger partial charge in [0.2, 0.25) is 5.16 Å². The predicted octanol–water partition coefficient (Wildman–Crippen LogP) is 2.15. The fourth-order valence-electron chi connectivity index (χ4n) is 2.60. The third kappa shape index (κ3) is 4.20. The summed E-state index contributed by atoms with van der Waals surface area (Å²) >= 11 is 1.47. The second-order valence-electron chi connectivity index (χ2n) is 5.92. The summed E-state index contributed by atoms with van der Waals surface area (Å²) < 4.78 is 1.73. The minimum absolute atomic E-state index is 0.0598. The van der Waals surface area contributed by atoms with Crippen molar-refractivity contribution in [3.63, 3.8) is 0 Å². The zero-order chi connectivity index (χ0) is 18.5. The Labute approximate surface area is 155 Å². The number of nitrogens with one attached hydrogen (secondary N) is 1. The van der Waals surface area contributed by atoms with Gasteiger partial charge < -0.3 is 10.4 Å². The highest BCUT2D eigenvalue weighted by molar-refractivity contribution is 7.98. The van der Waals surface area contributed by atoms with Crippen LogP contribution in [0.25, 0.3) is 5.78 Å². The van der Waals surface area contributed by atoms with Gasteiger partial charge in [0.25, 0.3) is 11.7 Å². The molecule has 0 saturated heterocycles. The van der Waals surface area contributed by atoms with Crippen molar-refractivity contribution in [1.82, 2.24) is 24.9 Å². The molecule has 7 nitrogen and oxygen atoms in total. The van der Waals surface area contributed by atoms with Gasteiger partial charge in [-0.3, -0.25) is 4.79 Å². The minimum atomic E-state index is -0.134. The molecule has 0 aliphatic carbocycles. The number of hydrogen-bond donors (Lipinski definition) is 2. The van der Waals surface area contributed by atoms with Crippen molar-refractivity contribution >= 4 is 23.4 Å². The summed E-state index contributed by atoms with van der Waals surface area (Å²) in [7, 11) is 0. The molecule has 0 radical (unpaired) electrons. The van der Waals surface area contributed by atoms with Gasteiger partial charge in [-0.25, -0.2) is 9.50 Å². The molecule has 2 heterocycles. The van der Waals surface area contributed by atoms with Gasteiger partial charge in [-0.2, -0.15) is 4.98 Å². The molecule has 26 heavy (non-hydrogen) atoms. The zero-order valence-corrected chi connectivity index (χ0v) is 15.6. The van der Waals surface area contributed by atoms with Crippen molar-refractivity contribution in [2.24, 2.45) is 0 Å². The summed E-state index contributed by atoms with van der Waals surface area (Å²) in [5, 5.41) is 16.8. The van der Waals surface area contributed by atoms with Crippen LogP contribution in [0.3, 0.4) is 0 Å². The third-order valence-electron chi connectivity index (χ3n) is 3.84. The monoisotopic (exact) mass is 371 g/mol. The molecule has 136 valence electrons. The number of nitrogens with zero attached hydrogens (tertiary/aromatic N) is 4. The number of benzene rings is 1. The van der Waals surface area contributed by atoms with E-state index in [9.17, 15) is 4.79 Å². The third-order valence-corrected chi connectivity index (χ3v) is 4.72. The molecule has 0 saturated carbocycles. The maximum atomic E-state index is 12.3. The van der Waals surface area contributed by atoms with Crippen LogP contribution in [0, 0.1) is 13.8 Å². The van der Waals surface area contributed by atoms with Crippen LogP contribution in [-0.2, 0) is 5.75 Å². The fraction of sp³-hybridized carbons (Fsp3) is 0.333. The molecule has 0 unspecified atom stereocenters. The van der Waals surface area contributed by atoms with Crippen molar-refractivity contribution in [1.29, 1.82) is 0 Å². The number of hydrogen-bond acceptors (Lipinski definition) is 6. The first kappa shape index (κ1) is 18.3. The normalized spacial score (nSPS) is 11.0. The number of aromatic nitrogens is 4. The Morgan fingerprint density at radius 1 is 1.27 bits per heavy atom. The molecule has 0 fully saturated rings. The zero-order valence-electron chi connectivity index (χ0n) is 14.8. The summed E-state index contributed by atoms with van der Waals surface area (Å²) in [6, 6.07) is 9.44. The van der Waals surface area contributed by atoms with Crippen LogP contribution in [0.1, 0.15) is 33.7 Å². The number of aliphatic hydroxyl groups excluding tert-OH is 1. The Morgan fingerprint density at radius 3 is 2.88 bits per heavy atom. The molecule has 2 N–H and O–H groups in total. The summed E-state index contributed by atoms with van der Waals surface area (Å²) in [4.78, 5) is 21.2. The van der Waals surface area contributed by atoms with Gasteiger partial charge >= 0.3 is 0 Å². The molecule has 1 amide bonds. The van der Waals surface area contributed by atoms with E-state index in [1.54, 1.807) is 10.6 Å². The lowest BCUT2D eigenvalue weighted by Gasteiger charge is -2.09. The summed E-state index contributed by atoms with van der Waals surface area (Å²) in [6.45, 7) is 4.41. The molecule has 8 heteroatoms. The first-order chi connectivity index (χ1) is 12.6. The van der Waals surface area contributed by atoms with Gasteiger partial charge in [0.05, 0.1) is 0 Å². The second kappa shape index (κ2) is 8.29. The number of carbonyl (C=O) groups excluding carboxylic acids is 1. The van der Waals surface area contributed by atoms with Crippen LogP contribution in [0.5, 0.6) is 0 Å². The van der Waals surface area contributed by atoms with E-state index in [1.165, 1.54) is 11.8 Å². The Hall–Kier alpha value is -2.45. The van der Waals surface area contributed by atoms with E-state index < -0.39 is 0 Å².